The Balaban J connectivity index is 1.48. The van der Waals surface area contributed by atoms with Gasteiger partial charge in [-0.15, -0.1) is 11.3 Å². The van der Waals surface area contributed by atoms with Crippen molar-refractivity contribution >= 4 is 23.2 Å². The molecule has 3 rings (SSSR count). The van der Waals surface area contributed by atoms with E-state index in [1.54, 1.807) is 0 Å². The molecule has 1 aliphatic carbocycles. The zero-order valence-electron chi connectivity index (χ0n) is 13.8. The van der Waals surface area contributed by atoms with Crippen LogP contribution >= 0.6 is 11.3 Å². The molecule has 1 aromatic carbocycles. The number of carbonyl (C=O) groups excluding carboxylic acids is 2. The number of amides is 2. The number of hydrazine groups is 1. The van der Waals surface area contributed by atoms with Gasteiger partial charge in [0.05, 0.1) is 4.88 Å². The maximum atomic E-state index is 12.1. The van der Waals surface area contributed by atoms with Gasteiger partial charge in [0.15, 0.2) is 6.61 Å². The first-order valence-electron chi connectivity index (χ1n) is 7.94. The Morgan fingerprint density at radius 1 is 1.17 bits per heavy atom. The van der Waals surface area contributed by atoms with Gasteiger partial charge in [0.2, 0.25) is 0 Å². The average molecular weight is 344 g/mol. The lowest BCUT2D eigenvalue weighted by Gasteiger charge is -2.10. The molecule has 0 unspecified atom stereocenters. The molecule has 6 heteroatoms. The van der Waals surface area contributed by atoms with E-state index >= 15 is 0 Å². The van der Waals surface area contributed by atoms with Crippen molar-refractivity contribution in [2.45, 2.75) is 33.1 Å². The van der Waals surface area contributed by atoms with Gasteiger partial charge in [-0.2, -0.15) is 0 Å². The average Bonchev–Trinajstić information content (AvgIpc) is 3.15. The molecule has 1 aromatic heterocycles. The van der Waals surface area contributed by atoms with Crippen LogP contribution in [0.1, 0.15) is 37.7 Å². The highest BCUT2D eigenvalue weighted by Crippen LogP contribution is 2.30. The van der Waals surface area contributed by atoms with E-state index in [1.807, 2.05) is 38.1 Å². The molecule has 0 bridgehead atoms. The van der Waals surface area contributed by atoms with Gasteiger partial charge in [-0.1, -0.05) is 12.1 Å². The predicted octanol–water partition coefficient (Wildman–Crippen LogP) is 2.69. The molecule has 0 aliphatic heterocycles. The fourth-order valence-corrected chi connectivity index (χ4v) is 3.82. The van der Waals surface area contributed by atoms with E-state index < -0.39 is 5.91 Å². The molecule has 0 atom stereocenters. The number of nitrogens with one attached hydrogen (secondary N) is 2. The maximum Gasteiger partial charge on any atom is 0.279 e. The first-order chi connectivity index (χ1) is 11.5. The highest BCUT2D eigenvalue weighted by atomic mass is 32.1. The minimum atomic E-state index is -0.395. The quantitative estimate of drug-likeness (QED) is 0.838. The Bertz CT molecular complexity index is 761. The van der Waals surface area contributed by atoms with Gasteiger partial charge in [0.25, 0.3) is 11.8 Å². The number of rotatable bonds is 4. The molecule has 2 aromatic rings. The van der Waals surface area contributed by atoms with E-state index in [0.717, 1.165) is 30.4 Å². The fraction of sp³-hybridized carbons (Fsp3) is 0.333. The monoisotopic (exact) mass is 344 g/mol. The van der Waals surface area contributed by atoms with Crippen LogP contribution in [0.5, 0.6) is 5.75 Å². The summed E-state index contributed by atoms with van der Waals surface area (Å²) in [7, 11) is 0. The minimum Gasteiger partial charge on any atom is -0.483 e. The van der Waals surface area contributed by atoms with Crippen molar-refractivity contribution in [1.29, 1.82) is 0 Å². The molecule has 2 N–H and O–H groups in total. The molecule has 2 amide bonds. The second-order valence-electron chi connectivity index (χ2n) is 5.97. The summed E-state index contributed by atoms with van der Waals surface area (Å²) in [5.41, 5.74) is 8.12. The van der Waals surface area contributed by atoms with Crippen molar-refractivity contribution in [1.82, 2.24) is 10.9 Å². The molecule has 0 fully saturated rings. The number of ether oxygens (including phenoxy) is 1. The predicted molar refractivity (Wildman–Crippen MR) is 93.4 cm³/mol. The van der Waals surface area contributed by atoms with Crippen molar-refractivity contribution in [3.8, 4) is 5.75 Å². The summed E-state index contributed by atoms with van der Waals surface area (Å²) in [6.45, 7) is 3.74. The first-order valence-corrected chi connectivity index (χ1v) is 8.75. The second kappa shape index (κ2) is 7.05. The first kappa shape index (κ1) is 16.5. The van der Waals surface area contributed by atoms with Crippen LogP contribution in [0.15, 0.2) is 24.3 Å². The number of hydrogen-bond acceptors (Lipinski definition) is 4. The number of aryl methyl sites for hydroxylation is 4. The third kappa shape index (κ3) is 3.76. The Hall–Kier alpha value is -2.34. The molecule has 1 aliphatic rings. The number of carbonyl (C=O) groups is 2. The third-order valence-corrected chi connectivity index (χ3v) is 5.22. The van der Waals surface area contributed by atoms with Crippen molar-refractivity contribution in [3.63, 3.8) is 0 Å². The van der Waals surface area contributed by atoms with Crippen LogP contribution in [0.4, 0.5) is 0 Å². The highest BCUT2D eigenvalue weighted by Gasteiger charge is 2.18. The van der Waals surface area contributed by atoms with Crippen molar-refractivity contribution < 1.29 is 14.3 Å². The van der Waals surface area contributed by atoms with Gasteiger partial charge in [0.1, 0.15) is 5.75 Å². The third-order valence-electron chi connectivity index (χ3n) is 3.99. The van der Waals surface area contributed by atoms with Crippen LogP contribution in [0.3, 0.4) is 0 Å². The largest absolute Gasteiger partial charge is 0.483 e. The second-order valence-corrected chi connectivity index (χ2v) is 7.11. The van der Waals surface area contributed by atoms with Gasteiger partial charge in [-0.3, -0.25) is 20.4 Å². The van der Waals surface area contributed by atoms with E-state index in [-0.39, 0.29) is 12.5 Å². The number of hydrogen-bond donors (Lipinski definition) is 2. The zero-order chi connectivity index (χ0) is 17.1. The molecular formula is C18H20N2O3S. The zero-order valence-corrected chi connectivity index (χ0v) is 14.6. The van der Waals surface area contributed by atoms with Crippen LogP contribution in [0, 0.1) is 13.8 Å². The van der Waals surface area contributed by atoms with Gasteiger partial charge >= 0.3 is 0 Å². The van der Waals surface area contributed by atoms with E-state index in [4.69, 9.17) is 4.74 Å². The lowest BCUT2D eigenvalue weighted by molar-refractivity contribution is -0.123. The van der Waals surface area contributed by atoms with E-state index in [2.05, 4.69) is 10.9 Å². The topological polar surface area (TPSA) is 67.4 Å². The SMILES string of the molecule is Cc1ccc(C)c(OCC(=O)NNC(=O)c2cc3c(s2)CCC3)c1. The van der Waals surface area contributed by atoms with E-state index in [0.29, 0.717) is 10.6 Å². The summed E-state index contributed by atoms with van der Waals surface area (Å²) in [5, 5.41) is 0. The van der Waals surface area contributed by atoms with Gasteiger partial charge < -0.3 is 4.74 Å². The van der Waals surface area contributed by atoms with Crippen molar-refractivity contribution in [2.75, 3.05) is 6.61 Å². The number of thiophene rings is 1. The minimum absolute atomic E-state index is 0.147. The Labute approximate surface area is 145 Å². The van der Waals surface area contributed by atoms with Gasteiger partial charge in [-0.25, -0.2) is 0 Å². The summed E-state index contributed by atoms with van der Waals surface area (Å²) in [6, 6.07) is 7.73. The van der Waals surface area contributed by atoms with Crippen LogP contribution in [0.2, 0.25) is 0 Å². The van der Waals surface area contributed by atoms with Crippen molar-refractivity contribution in [2.24, 2.45) is 0 Å². The molecule has 0 radical (unpaired) electrons. The van der Waals surface area contributed by atoms with E-state index in [1.165, 1.54) is 21.8 Å². The Kier molecular flexibility index (Phi) is 4.85. The summed E-state index contributed by atoms with van der Waals surface area (Å²) >= 11 is 1.50. The fourth-order valence-electron chi connectivity index (χ4n) is 2.67. The summed E-state index contributed by atoms with van der Waals surface area (Å²) in [4.78, 5) is 25.8. The maximum absolute atomic E-state index is 12.1. The number of fused-ring (bicyclic) bond motifs is 1. The lowest BCUT2D eigenvalue weighted by atomic mass is 10.1. The molecule has 1 heterocycles. The van der Waals surface area contributed by atoms with Crippen LogP contribution in [-0.4, -0.2) is 18.4 Å². The molecule has 0 spiro atoms. The van der Waals surface area contributed by atoms with Crippen LogP contribution in [0.25, 0.3) is 0 Å². The molecule has 126 valence electrons. The standard InChI is InChI=1S/C18H20N2O3S/c1-11-6-7-12(2)14(8-11)23-10-17(21)19-20-18(22)16-9-13-4-3-5-15(13)24-16/h6-9H,3-5,10H2,1-2H3,(H,19,21)(H,20,22). The van der Waals surface area contributed by atoms with Gasteiger partial charge in [-0.05, 0) is 61.9 Å². The lowest BCUT2D eigenvalue weighted by Crippen LogP contribution is -2.43. The van der Waals surface area contributed by atoms with Gasteiger partial charge in [0, 0.05) is 4.88 Å². The summed E-state index contributed by atoms with van der Waals surface area (Å²) in [5.74, 6) is -0.00556. The highest BCUT2D eigenvalue weighted by molar-refractivity contribution is 7.14. The molecule has 0 saturated carbocycles. The molecule has 24 heavy (non-hydrogen) atoms. The van der Waals surface area contributed by atoms with Crippen LogP contribution in [-0.2, 0) is 17.6 Å². The van der Waals surface area contributed by atoms with Crippen LogP contribution < -0.4 is 15.6 Å². The normalized spacial score (nSPS) is 12.6. The number of benzene rings is 1. The summed E-state index contributed by atoms with van der Waals surface area (Å²) < 4.78 is 5.51. The Morgan fingerprint density at radius 3 is 2.79 bits per heavy atom. The molecule has 0 saturated heterocycles. The molecular weight excluding hydrogens is 324 g/mol. The molecule has 5 nitrogen and oxygen atoms in total. The van der Waals surface area contributed by atoms with Crippen molar-refractivity contribution in [3.05, 3.63) is 50.7 Å². The Morgan fingerprint density at radius 2 is 2.00 bits per heavy atom. The summed E-state index contributed by atoms with van der Waals surface area (Å²) in [6.07, 6.45) is 3.24. The smallest absolute Gasteiger partial charge is 0.279 e. The van der Waals surface area contributed by atoms with E-state index in [9.17, 15) is 9.59 Å².